The molecule has 1 aromatic heterocycles. The van der Waals surface area contributed by atoms with E-state index in [0.717, 1.165) is 35.1 Å². The first-order chi connectivity index (χ1) is 18.1. The van der Waals surface area contributed by atoms with Gasteiger partial charge in [0, 0.05) is 17.0 Å². The molecule has 1 fully saturated rings. The summed E-state index contributed by atoms with van der Waals surface area (Å²) in [5, 5.41) is 10.8. The number of anilines is 1. The molecular weight excluding hydrogens is 498 g/mol. The van der Waals surface area contributed by atoms with Crippen LogP contribution in [0.15, 0.2) is 93.0 Å². The molecule has 0 atom stereocenters. The van der Waals surface area contributed by atoms with Crippen molar-refractivity contribution in [1.29, 1.82) is 0 Å². The van der Waals surface area contributed by atoms with Gasteiger partial charge in [-0.15, -0.1) is 0 Å². The highest BCUT2D eigenvalue weighted by atomic mass is 32.2. The van der Waals surface area contributed by atoms with Crippen molar-refractivity contribution in [2.24, 2.45) is 0 Å². The van der Waals surface area contributed by atoms with Crippen LogP contribution in [0, 0.1) is 6.92 Å². The molecule has 7 heteroatoms. The lowest BCUT2D eigenvalue weighted by atomic mass is 9.83. The van der Waals surface area contributed by atoms with Crippen LogP contribution >= 0.6 is 0 Å². The summed E-state index contributed by atoms with van der Waals surface area (Å²) >= 11 is 0. The summed E-state index contributed by atoms with van der Waals surface area (Å²) in [6, 6.07) is 23.8. The molecule has 0 spiro atoms. The van der Waals surface area contributed by atoms with E-state index in [2.05, 4.69) is 4.72 Å². The highest BCUT2D eigenvalue weighted by Crippen LogP contribution is 2.48. The van der Waals surface area contributed by atoms with Crippen LogP contribution in [0.3, 0.4) is 0 Å². The lowest BCUT2D eigenvalue weighted by Crippen LogP contribution is -2.25. The van der Waals surface area contributed by atoms with Crippen LogP contribution in [0.2, 0.25) is 0 Å². The summed E-state index contributed by atoms with van der Waals surface area (Å²) in [6.07, 6.45) is 2.57. The second-order valence-electron chi connectivity index (χ2n) is 10.6. The smallest absolute Gasteiger partial charge is 0.364 e. The molecule has 6 nitrogen and oxygen atoms in total. The minimum absolute atomic E-state index is 0.0588. The molecule has 4 aromatic rings. The second kappa shape index (κ2) is 9.80. The van der Waals surface area contributed by atoms with Crippen molar-refractivity contribution >= 4 is 15.7 Å². The summed E-state index contributed by atoms with van der Waals surface area (Å²) in [7, 11) is -4.25. The van der Waals surface area contributed by atoms with Crippen LogP contribution in [-0.4, -0.2) is 13.5 Å². The number of sulfonamides is 1. The zero-order chi connectivity index (χ0) is 27.1. The summed E-state index contributed by atoms with van der Waals surface area (Å²) < 4.78 is 35.4. The second-order valence-corrected chi connectivity index (χ2v) is 12.3. The maximum absolute atomic E-state index is 13.7. The minimum Gasteiger partial charge on any atom is -0.505 e. The van der Waals surface area contributed by atoms with E-state index < -0.39 is 32.5 Å². The Labute approximate surface area is 223 Å². The van der Waals surface area contributed by atoms with E-state index in [1.54, 1.807) is 12.1 Å². The molecule has 0 radical (unpaired) electrons. The van der Waals surface area contributed by atoms with Gasteiger partial charge in [-0.1, -0.05) is 80.6 Å². The third-order valence-electron chi connectivity index (χ3n) is 7.09. The normalized spacial score (nSPS) is 13.9. The van der Waals surface area contributed by atoms with Crippen molar-refractivity contribution in [3.63, 3.8) is 0 Å². The fourth-order valence-electron chi connectivity index (χ4n) is 5.02. The van der Waals surface area contributed by atoms with Gasteiger partial charge in [-0.3, -0.25) is 4.72 Å². The van der Waals surface area contributed by atoms with Gasteiger partial charge in [0.1, 0.15) is 5.76 Å². The number of aryl methyl sites for hydroxylation is 1. The Morgan fingerprint density at radius 3 is 2.21 bits per heavy atom. The molecule has 1 heterocycles. The van der Waals surface area contributed by atoms with Gasteiger partial charge in [-0.25, -0.2) is 13.2 Å². The van der Waals surface area contributed by atoms with Crippen molar-refractivity contribution in [2.45, 2.75) is 56.3 Å². The Morgan fingerprint density at radius 1 is 0.974 bits per heavy atom. The molecule has 0 bridgehead atoms. The highest BCUT2D eigenvalue weighted by molar-refractivity contribution is 7.92. The van der Waals surface area contributed by atoms with Crippen molar-refractivity contribution in [3.05, 3.63) is 112 Å². The monoisotopic (exact) mass is 529 g/mol. The Morgan fingerprint density at radius 2 is 1.61 bits per heavy atom. The van der Waals surface area contributed by atoms with E-state index in [0.29, 0.717) is 17.9 Å². The average Bonchev–Trinajstić information content (AvgIpc) is 3.72. The number of rotatable bonds is 8. The topological polar surface area (TPSA) is 96.6 Å². The SMILES string of the molecule is Cc1ccc(S(=O)(=O)Nc2c(O)cc(C(C)(C)Cc3ccccc3)oc2=O)c(-c2ccccc2)c1C1CC1. The third-order valence-corrected chi connectivity index (χ3v) is 8.48. The molecule has 0 saturated heterocycles. The molecular formula is C31H31NO5S. The number of benzene rings is 3. The van der Waals surface area contributed by atoms with Crippen molar-refractivity contribution in [3.8, 4) is 16.9 Å². The molecule has 5 rings (SSSR count). The standard InChI is InChI=1S/C31H31NO5S/c1-20-14-17-25(28(27(20)23-15-16-23)22-12-8-5-9-13-22)38(35,36)32-29-24(33)18-26(37-30(29)34)31(2,3)19-21-10-6-4-7-11-21/h4-14,17-18,23,32-33H,15-16,19H2,1-3H3. The van der Waals surface area contributed by atoms with Crippen molar-refractivity contribution in [2.75, 3.05) is 4.72 Å². The fourth-order valence-corrected chi connectivity index (χ4v) is 6.33. The minimum atomic E-state index is -4.25. The van der Waals surface area contributed by atoms with Crippen molar-refractivity contribution in [1.82, 2.24) is 0 Å². The predicted octanol–water partition coefficient (Wildman–Crippen LogP) is 6.52. The molecule has 38 heavy (non-hydrogen) atoms. The molecule has 0 unspecified atom stereocenters. The summed E-state index contributed by atoms with van der Waals surface area (Å²) in [6.45, 7) is 5.79. The Balaban J connectivity index is 1.54. The molecule has 3 aromatic carbocycles. The van der Waals surface area contributed by atoms with Crippen molar-refractivity contribution < 1.29 is 17.9 Å². The van der Waals surface area contributed by atoms with E-state index in [-0.39, 0.29) is 10.7 Å². The van der Waals surface area contributed by atoms with Gasteiger partial charge in [0.15, 0.2) is 11.4 Å². The summed E-state index contributed by atoms with van der Waals surface area (Å²) in [5.41, 5.74) is 2.43. The molecule has 1 aliphatic carbocycles. The van der Waals surface area contributed by atoms with Crippen LogP contribution < -0.4 is 10.3 Å². The molecule has 1 saturated carbocycles. The van der Waals surface area contributed by atoms with Crippen LogP contribution in [0.5, 0.6) is 5.75 Å². The lowest BCUT2D eigenvalue weighted by Gasteiger charge is -2.24. The van der Waals surface area contributed by atoms with Gasteiger partial charge < -0.3 is 9.52 Å². The average molecular weight is 530 g/mol. The van der Waals surface area contributed by atoms with Gasteiger partial charge in [-0.2, -0.15) is 0 Å². The van der Waals surface area contributed by atoms with E-state index in [9.17, 15) is 18.3 Å². The van der Waals surface area contributed by atoms with E-state index in [4.69, 9.17) is 4.42 Å². The Kier molecular flexibility index (Phi) is 6.65. The van der Waals surface area contributed by atoms with E-state index in [1.807, 2.05) is 81.4 Å². The predicted molar refractivity (Wildman–Crippen MR) is 149 cm³/mol. The number of nitrogens with one attached hydrogen (secondary N) is 1. The largest absolute Gasteiger partial charge is 0.505 e. The lowest BCUT2D eigenvalue weighted by molar-refractivity contribution is 0.347. The zero-order valence-electron chi connectivity index (χ0n) is 21.7. The number of hydrogen-bond donors (Lipinski definition) is 2. The first-order valence-electron chi connectivity index (χ1n) is 12.7. The van der Waals surface area contributed by atoms with E-state index >= 15 is 0 Å². The van der Waals surface area contributed by atoms with Crippen LogP contribution in [0.4, 0.5) is 5.69 Å². The van der Waals surface area contributed by atoms with Gasteiger partial charge in [0.2, 0.25) is 0 Å². The highest BCUT2D eigenvalue weighted by Gasteiger charge is 2.33. The third kappa shape index (κ3) is 5.11. The fraction of sp³-hybridized carbons (Fsp3) is 0.258. The Hall–Kier alpha value is -3.84. The summed E-state index contributed by atoms with van der Waals surface area (Å²) in [5.74, 6) is 0.0878. The van der Waals surface area contributed by atoms with Gasteiger partial charge in [0.25, 0.3) is 10.0 Å². The quantitative estimate of drug-likeness (QED) is 0.271. The van der Waals surface area contributed by atoms with Crippen LogP contribution in [0.25, 0.3) is 11.1 Å². The maximum Gasteiger partial charge on any atom is 0.364 e. The number of hydrogen-bond acceptors (Lipinski definition) is 5. The Bertz CT molecular complexity index is 1640. The molecule has 1 aliphatic rings. The van der Waals surface area contributed by atoms with Gasteiger partial charge >= 0.3 is 5.63 Å². The van der Waals surface area contributed by atoms with Crippen LogP contribution in [-0.2, 0) is 21.9 Å². The van der Waals surface area contributed by atoms with Crippen LogP contribution in [0.1, 0.15) is 55.1 Å². The molecule has 0 aliphatic heterocycles. The molecule has 0 amide bonds. The van der Waals surface area contributed by atoms with Gasteiger partial charge in [-0.05, 0) is 60.4 Å². The summed E-state index contributed by atoms with van der Waals surface area (Å²) in [4.78, 5) is 13.1. The first-order valence-corrected chi connectivity index (χ1v) is 14.2. The number of aromatic hydroxyl groups is 1. The molecule has 2 N–H and O–H groups in total. The zero-order valence-corrected chi connectivity index (χ0v) is 22.5. The van der Waals surface area contributed by atoms with Gasteiger partial charge in [0.05, 0.1) is 4.90 Å². The first kappa shape index (κ1) is 25.8. The maximum atomic E-state index is 13.7. The molecule has 196 valence electrons. The van der Waals surface area contributed by atoms with E-state index in [1.165, 1.54) is 6.07 Å².